The summed E-state index contributed by atoms with van der Waals surface area (Å²) in [6.07, 6.45) is 8.47. The number of carbonyl (C=O) groups is 1. The Hall–Kier alpha value is -2.73. The number of amides is 1. The number of rotatable bonds is 4. The molecule has 5 rings (SSSR count). The van der Waals surface area contributed by atoms with Crippen LogP contribution in [0, 0.1) is 0 Å². The Morgan fingerprint density at radius 1 is 1.14 bits per heavy atom. The van der Waals surface area contributed by atoms with Crippen LogP contribution in [0.4, 0.5) is 0 Å². The minimum atomic E-state index is 0.0840. The predicted molar refractivity (Wildman–Crippen MR) is 109 cm³/mol. The van der Waals surface area contributed by atoms with Crippen molar-refractivity contribution in [3.63, 3.8) is 0 Å². The van der Waals surface area contributed by atoms with Crippen LogP contribution in [0.3, 0.4) is 0 Å². The fourth-order valence-corrected chi connectivity index (χ4v) is 5.35. The van der Waals surface area contributed by atoms with Crippen molar-refractivity contribution in [1.29, 1.82) is 0 Å². The summed E-state index contributed by atoms with van der Waals surface area (Å²) in [5, 5.41) is 1.04. The number of hydrogen-bond acceptors (Lipinski definition) is 4. The summed E-state index contributed by atoms with van der Waals surface area (Å²) >= 11 is 1.77. The summed E-state index contributed by atoms with van der Waals surface area (Å²) in [4.78, 5) is 16.7. The van der Waals surface area contributed by atoms with E-state index in [2.05, 4.69) is 4.57 Å². The van der Waals surface area contributed by atoms with Crippen LogP contribution >= 0.6 is 11.3 Å². The van der Waals surface area contributed by atoms with Gasteiger partial charge >= 0.3 is 0 Å². The first kappa shape index (κ1) is 17.4. The minimum absolute atomic E-state index is 0.0840. The number of fused-ring (bicyclic) bond motifs is 2. The first-order valence-corrected chi connectivity index (χ1v) is 10.4. The first-order chi connectivity index (χ1) is 13.7. The average Bonchev–Trinajstić information content (AvgIpc) is 3.45. The molecular weight excluding hydrogens is 372 g/mol. The van der Waals surface area contributed by atoms with Gasteiger partial charge in [-0.2, -0.15) is 0 Å². The lowest BCUT2D eigenvalue weighted by Gasteiger charge is -2.20. The van der Waals surface area contributed by atoms with Crippen molar-refractivity contribution >= 4 is 17.2 Å². The lowest BCUT2D eigenvalue weighted by molar-refractivity contribution is 0.0784. The second-order valence-electron chi connectivity index (χ2n) is 7.33. The van der Waals surface area contributed by atoms with Crippen molar-refractivity contribution in [2.75, 3.05) is 13.8 Å². The van der Waals surface area contributed by atoms with Crippen molar-refractivity contribution in [2.45, 2.75) is 32.2 Å². The molecule has 0 saturated heterocycles. The number of ether oxygens (including phenoxy) is 2. The van der Waals surface area contributed by atoms with Gasteiger partial charge in [-0.3, -0.25) is 4.79 Å². The van der Waals surface area contributed by atoms with Crippen LogP contribution in [0.25, 0.3) is 5.00 Å². The van der Waals surface area contributed by atoms with Crippen LogP contribution in [0.1, 0.15) is 39.2 Å². The number of aromatic nitrogens is 1. The molecule has 2 aliphatic rings. The quantitative estimate of drug-likeness (QED) is 0.658. The van der Waals surface area contributed by atoms with Gasteiger partial charge in [0, 0.05) is 30.9 Å². The van der Waals surface area contributed by atoms with E-state index in [1.807, 2.05) is 54.7 Å². The zero-order valence-corrected chi connectivity index (χ0v) is 16.6. The SMILES string of the molecule is CN(Cc1ccc2c(c1)OCO2)C(=O)c1c(-n2cccc2)sc2c1CCCC2. The molecule has 3 heterocycles. The number of carbonyl (C=O) groups excluding carboxylic acids is 1. The Balaban J connectivity index is 1.46. The third-order valence-corrected chi connectivity index (χ3v) is 6.71. The predicted octanol–water partition coefficient (Wildman–Crippen LogP) is 4.42. The summed E-state index contributed by atoms with van der Waals surface area (Å²) in [5.41, 5.74) is 3.16. The van der Waals surface area contributed by atoms with E-state index in [4.69, 9.17) is 9.47 Å². The minimum Gasteiger partial charge on any atom is -0.454 e. The van der Waals surface area contributed by atoms with Gasteiger partial charge in [-0.25, -0.2) is 0 Å². The Kier molecular flexibility index (Phi) is 4.36. The highest BCUT2D eigenvalue weighted by atomic mass is 32.1. The molecule has 1 aromatic carbocycles. The highest BCUT2D eigenvalue weighted by Crippen LogP contribution is 2.38. The smallest absolute Gasteiger partial charge is 0.257 e. The van der Waals surface area contributed by atoms with Gasteiger partial charge in [-0.05, 0) is 61.1 Å². The maximum atomic E-state index is 13.5. The molecule has 1 aliphatic carbocycles. The monoisotopic (exact) mass is 394 g/mol. The summed E-state index contributed by atoms with van der Waals surface area (Å²) < 4.78 is 12.9. The van der Waals surface area contributed by atoms with Crippen LogP contribution in [0.15, 0.2) is 42.7 Å². The summed E-state index contributed by atoms with van der Waals surface area (Å²) in [6, 6.07) is 9.87. The second-order valence-corrected chi connectivity index (χ2v) is 8.41. The fourth-order valence-electron chi connectivity index (χ4n) is 4.00. The molecule has 144 valence electrons. The van der Waals surface area contributed by atoms with E-state index in [-0.39, 0.29) is 12.7 Å². The highest BCUT2D eigenvalue weighted by Gasteiger charge is 2.28. The normalized spacial score (nSPS) is 14.8. The summed E-state index contributed by atoms with van der Waals surface area (Å²) in [7, 11) is 1.87. The van der Waals surface area contributed by atoms with Crippen LogP contribution in [-0.2, 0) is 19.4 Å². The third kappa shape index (κ3) is 2.98. The molecule has 0 unspecified atom stereocenters. The van der Waals surface area contributed by atoms with Crippen LogP contribution < -0.4 is 9.47 Å². The van der Waals surface area contributed by atoms with Gasteiger partial charge < -0.3 is 18.9 Å². The second kappa shape index (κ2) is 7.02. The molecule has 0 atom stereocenters. The highest BCUT2D eigenvalue weighted by molar-refractivity contribution is 7.15. The lowest BCUT2D eigenvalue weighted by atomic mass is 9.95. The van der Waals surface area contributed by atoms with Gasteiger partial charge in [-0.15, -0.1) is 11.3 Å². The number of aryl methyl sites for hydroxylation is 1. The van der Waals surface area contributed by atoms with Gasteiger partial charge in [0.15, 0.2) is 11.5 Å². The van der Waals surface area contributed by atoms with Crippen molar-refractivity contribution in [3.05, 3.63) is 64.3 Å². The average molecular weight is 394 g/mol. The largest absolute Gasteiger partial charge is 0.454 e. The lowest BCUT2D eigenvalue weighted by Crippen LogP contribution is -2.28. The molecule has 28 heavy (non-hydrogen) atoms. The number of hydrogen-bond donors (Lipinski definition) is 0. The standard InChI is InChI=1S/C22H22N2O3S/c1-23(13-15-8-9-17-18(12-15)27-14-26-17)21(25)20-16-6-2-3-7-19(16)28-22(20)24-10-4-5-11-24/h4-5,8-12H,2-3,6-7,13-14H2,1H3. The Morgan fingerprint density at radius 3 is 2.79 bits per heavy atom. The maximum absolute atomic E-state index is 13.5. The Morgan fingerprint density at radius 2 is 1.93 bits per heavy atom. The zero-order valence-electron chi connectivity index (χ0n) is 15.8. The van der Waals surface area contributed by atoms with Crippen molar-refractivity contribution in [1.82, 2.24) is 9.47 Å². The molecule has 0 N–H and O–H groups in total. The number of thiophene rings is 1. The molecule has 5 nitrogen and oxygen atoms in total. The summed E-state index contributed by atoms with van der Waals surface area (Å²) in [6.45, 7) is 0.792. The molecular formula is C22H22N2O3S. The fraction of sp³-hybridized carbons (Fsp3) is 0.318. The molecule has 0 saturated carbocycles. The first-order valence-electron chi connectivity index (χ1n) is 9.62. The van der Waals surface area contributed by atoms with Crippen molar-refractivity contribution in [3.8, 4) is 16.5 Å². The van der Waals surface area contributed by atoms with Gasteiger partial charge in [-0.1, -0.05) is 6.07 Å². The Labute approximate surface area is 168 Å². The molecule has 0 radical (unpaired) electrons. The van der Waals surface area contributed by atoms with E-state index in [0.29, 0.717) is 6.54 Å². The molecule has 3 aromatic rings. The van der Waals surface area contributed by atoms with Gasteiger partial charge in [0.25, 0.3) is 5.91 Å². The van der Waals surface area contributed by atoms with E-state index in [1.54, 1.807) is 11.3 Å². The molecule has 1 aliphatic heterocycles. The van der Waals surface area contributed by atoms with E-state index < -0.39 is 0 Å². The molecule has 1 amide bonds. The molecule has 0 spiro atoms. The topological polar surface area (TPSA) is 43.7 Å². The van der Waals surface area contributed by atoms with Gasteiger partial charge in [0.1, 0.15) is 5.00 Å². The van der Waals surface area contributed by atoms with Crippen molar-refractivity contribution < 1.29 is 14.3 Å². The Bertz CT molecular complexity index is 1020. The van der Waals surface area contributed by atoms with Crippen LogP contribution in [0.2, 0.25) is 0 Å². The van der Waals surface area contributed by atoms with E-state index in [9.17, 15) is 4.79 Å². The van der Waals surface area contributed by atoms with Crippen molar-refractivity contribution in [2.24, 2.45) is 0 Å². The van der Waals surface area contributed by atoms with E-state index >= 15 is 0 Å². The number of benzene rings is 1. The third-order valence-electron chi connectivity index (χ3n) is 5.41. The van der Waals surface area contributed by atoms with Gasteiger partial charge in [0.2, 0.25) is 6.79 Å². The molecule has 6 heteroatoms. The number of nitrogens with zero attached hydrogens (tertiary/aromatic N) is 2. The zero-order chi connectivity index (χ0) is 19.1. The van der Waals surface area contributed by atoms with E-state index in [0.717, 1.165) is 46.9 Å². The molecule has 0 bridgehead atoms. The molecule has 2 aromatic heterocycles. The summed E-state index contributed by atoms with van der Waals surface area (Å²) in [5.74, 6) is 1.60. The van der Waals surface area contributed by atoms with Gasteiger partial charge in [0.05, 0.1) is 5.56 Å². The van der Waals surface area contributed by atoms with E-state index in [1.165, 1.54) is 16.9 Å². The van der Waals surface area contributed by atoms with Crippen LogP contribution in [-0.4, -0.2) is 29.2 Å². The molecule has 0 fully saturated rings. The van der Waals surface area contributed by atoms with Crippen LogP contribution in [0.5, 0.6) is 11.5 Å². The maximum Gasteiger partial charge on any atom is 0.257 e.